The quantitative estimate of drug-likeness (QED) is 0.617. The number of nitrogens with zero attached hydrogens (tertiary/aromatic N) is 2. The molecule has 0 saturated heterocycles. The number of carbonyl (C=O) groups is 2. The minimum absolute atomic E-state index is 0.0284. The molecule has 3 rings (SSSR count). The van der Waals surface area contributed by atoms with Crippen LogP contribution in [0.4, 0.5) is 5.69 Å². The zero-order chi connectivity index (χ0) is 21.7. The maximum atomic E-state index is 12.5. The number of nitrogens with two attached hydrogens (primary N) is 1. The zero-order valence-corrected chi connectivity index (χ0v) is 18.3. The monoisotopic (exact) mass is 429 g/mol. The van der Waals surface area contributed by atoms with E-state index in [1.165, 1.54) is 0 Å². The lowest BCUT2D eigenvalue weighted by Crippen LogP contribution is -2.32. The Hall–Kier alpha value is -2.71. The van der Waals surface area contributed by atoms with E-state index in [1.807, 2.05) is 54.4 Å². The van der Waals surface area contributed by atoms with Crippen molar-refractivity contribution >= 4 is 29.3 Å². The third-order valence-corrected chi connectivity index (χ3v) is 6.07. The first-order valence-corrected chi connectivity index (χ1v) is 10.6. The minimum atomic E-state index is -0.349. The number of primary amides is 1. The molecule has 160 valence electrons. The fourth-order valence-electron chi connectivity index (χ4n) is 3.43. The van der Waals surface area contributed by atoms with Crippen LogP contribution in [0.3, 0.4) is 0 Å². The highest BCUT2D eigenvalue weighted by Crippen LogP contribution is 2.53. The molecular formula is C22H27N3O4S. The van der Waals surface area contributed by atoms with Gasteiger partial charge in [0.25, 0.3) is 0 Å². The lowest BCUT2D eigenvalue weighted by Gasteiger charge is -2.25. The van der Waals surface area contributed by atoms with Crippen molar-refractivity contribution in [2.24, 2.45) is 5.73 Å². The van der Waals surface area contributed by atoms with Crippen LogP contribution in [0.5, 0.6) is 11.5 Å². The number of rotatable bonds is 9. The van der Waals surface area contributed by atoms with Crippen LogP contribution in [-0.2, 0) is 9.59 Å². The Labute approximate surface area is 181 Å². The maximum absolute atomic E-state index is 12.5. The molecule has 1 atom stereocenters. The molecule has 0 bridgehead atoms. The Balaban J connectivity index is 1.79. The number of amides is 2. The van der Waals surface area contributed by atoms with Gasteiger partial charge in [-0.2, -0.15) is 0 Å². The van der Waals surface area contributed by atoms with Crippen molar-refractivity contribution in [3.05, 3.63) is 48.0 Å². The average molecular weight is 430 g/mol. The molecule has 2 amide bonds. The highest BCUT2D eigenvalue weighted by atomic mass is 32.2. The fourth-order valence-corrected chi connectivity index (χ4v) is 4.80. The Kier molecular flexibility index (Phi) is 7.23. The highest BCUT2D eigenvalue weighted by Gasteiger charge is 2.35. The first-order chi connectivity index (χ1) is 14.4. The van der Waals surface area contributed by atoms with Crippen molar-refractivity contribution in [1.29, 1.82) is 0 Å². The van der Waals surface area contributed by atoms with Gasteiger partial charge in [-0.15, -0.1) is 0 Å². The van der Waals surface area contributed by atoms with Gasteiger partial charge in [-0.3, -0.25) is 19.4 Å². The van der Waals surface area contributed by atoms with Gasteiger partial charge in [0.1, 0.15) is 16.9 Å². The van der Waals surface area contributed by atoms with Gasteiger partial charge >= 0.3 is 0 Å². The lowest BCUT2D eigenvalue weighted by atomic mass is 10.1. The summed E-state index contributed by atoms with van der Waals surface area (Å²) in [5, 5.41) is -0.234. The molecule has 1 heterocycles. The number of benzene rings is 2. The summed E-state index contributed by atoms with van der Waals surface area (Å²) in [5.74, 6) is 1.04. The molecule has 1 unspecified atom stereocenters. The smallest absolute Gasteiger partial charge is 0.231 e. The van der Waals surface area contributed by atoms with Crippen LogP contribution >= 0.6 is 11.8 Å². The molecule has 2 N–H and O–H groups in total. The standard InChI is InChI=1S/C22H27N3O4S/c1-15(26)25-18-7-4-5-8-20(18)30-22(25)17-13-16(28-3)9-10-19(17)29-12-6-11-24(2)14-21(23)27/h4-5,7-10,13,22H,6,11-12,14H2,1-3H3,(H2,23,27). The van der Waals surface area contributed by atoms with E-state index < -0.39 is 0 Å². The Morgan fingerprint density at radius 3 is 2.70 bits per heavy atom. The summed E-state index contributed by atoms with van der Waals surface area (Å²) in [4.78, 5) is 28.2. The third-order valence-electron chi connectivity index (χ3n) is 4.79. The van der Waals surface area contributed by atoms with E-state index in [1.54, 1.807) is 30.7 Å². The average Bonchev–Trinajstić information content (AvgIpc) is 3.10. The van der Waals surface area contributed by atoms with Gasteiger partial charge in [-0.05, 0) is 43.8 Å². The molecule has 0 radical (unpaired) electrons. The van der Waals surface area contributed by atoms with Crippen LogP contribution in [0.15, 0.2) is 47.4 Å². The number of para-hydroxylation sites is 1. The number of likely N-dealkylation sites (N-methyl/N-ethyl adjacent to an activating group) is 1. The van der Waals surface area contributed by atoms with Crippen molar-refractivity contribution < 1.29 is 19.1 Å². The van der Waals surface area contributed by atoms with Gasteiger partial charge in [0.05, 0.1) is 25.9 Å². The molecule has 2 aromatic carbocycles. The van der Waals surface area contributed by atoms with Gasteiger partial charge in [0.2, 0.25) is 11.8 Å². The van der Waals surface area contributed by atoms with Crippen LogP contribution in [0.1, 0.15) is 24.3 Å². The molecule has 1 aliphatic rings. The molecule has 30 heavy (non-hydrogen) atoms. The summed E-state index contributed by atoms with van der Waals surface area (Å²) < 4.78 is 11.5. The summed E-state index contributed by atoms with van der Waals surface area (Å²) in [6.45, 7) is 2.97. The van der Waals surface area contributed by atoms with E-state index in [0.717, 1.165) is 22.6 Å². The lowest BCUT2D eigenvalue weighted by molar-refractivity contribution is -0.119. The van der Waals surface area contributed by atoms with E-state index in [4.69, 9.17) is 15.2 Å². The molecule has 0 aromatic heterocycles. The van der Waals surface area contributed by atoms with Crippen LogP contribution < -0.4 is 20.1 Å². The fraction of sp³-hybridized carbons (Fsp3) is 0.364. The van der Waals surface area contributed by atoms with Gasteiger partial charge < -0.3 is 15.2 Å². The Morgan fingerprint density at radius 2 is 2.00 bits per heavy atom. The predicted molar refractivity (Wildman–Crippen MR) is 118 cm³/mol. The first kappa shape index (κ1) is 22.0. The van der Waals surface area contributed by atoms with E-state index in [0.29, 0.717) is 24.7 Å². The third kappa shape index (κ3) is 5.06. The predicted octanol–water partition coefficient (Wildman–Crippen LogP) is 3.04. The molecule has 0 fully saturated rings. The van der Waals surface area contributed by atoms with Gasteiger partial charge in [-0.25, -0.2) is 0 Å². The molecule has 8 heteroatoms. The number of anilines is 1. The number of fused-ring (bicyclic) bond motifs is 1. The van der Waals surface area contributed by atoms with Gasteiger partial charge in [0, 0.05) is 23.9 Å². The van der Waals surface area contributed by atoms with Crippen molar-refractivity contribution in [1.82, 2.24) is 4.90 Å². The van der Waals surface area contributed by atoms with Crippen molar-refractivity contribution in [3.63, 3.8) is 0 Å². The maximum Gasteiger partial charge on any atom is 0.231 e. The summed E-state index contributed by atoms with van der Waals surface area (Å²) in [6.07, 6.45) is 0.740. The largest absolute Gasteiger partial charge is 0.497 e. The Morgan fingerprint density at radius 1 is 1.23 bits per heavy atom. The van der Waals surface area contributed by atoms with Crippen LogP contribution in [-0.4, -0.2) is 50.6 Å². The molecule has 7 nitrogen and oxygen atoms in total. The van der Waals surface area contributed by atoms with E-state index in [-0.39, 0.29) is 23.7 Å². The summed E-state index contributed by atoms with van der Waals surface area (Å²) in [6, 6.07) is 13.5. The molecule has 0 saturated carbocycles. The number of carbonyl (C=O) groups excluding carboxylic acids is 2. The molecule has 2 aromatic rings. The first-order valence-electron chi connectivity index (χ1n) is 9.73. The van der Waals surface area contributed by atoms with E-state index >= 15 is 0 Å². The number of thioether (sulfide) groups is 1. The molecule has 0 aliphatic carbocycles. The molecular weight excluding hydrogens is 402 g/mol. The van der Waals surface area contributed by atoms with Crippen molar-refractivity contribution in [3.8, 4) is 11.5 Å². The van der Waals surface area contributed by atoms with Gasteiger partial charge in [-0.1, -0.05) is 23.9 Å². The zero-order valence-electron chi connectivity index (χ0n) is 17.5. The minimum Gasteiger partial charge on any atom is -0.497 e. The SMILES string of the molecule is COc1ccc(OCCCN(C)CC(N)=O)c(C2Sc3ccccc3N2C(C)=O)c1. The normalized spacial score (nSPS) is 15.2. The summed E-state index contributed by atoms with van der Waals surface area (Å²) in [7, 11) is 3.47. The van der Waals surface area contributed by atoms with Crippen LogP contribution in [0.2, 0.25) is 0 Å². The number of hydrogen-bond donors (Lipinski definition) is 1. The van der Waals surface area contributed by atoms with Crippen molar-refractivity contribution in [2.75, 3.05) is 38.8 Å². The number of methoxy groups -OCH3 is 1. The molecule has 0 spiro atoms. The Bertz CT molecular complexity index is 921. The van der Waals surface area contributed by atoms with E-state index in [9.17, 15) is 9.59 Å². The summed E-state index contributed by atoms with van der Waals surface area (Å²) >= 11 is 1.62. The number of ether oxygens (including phenoxy) is 2. The van der Waals surface area contributed by atoms with Crippen LogP contribution in [0.25, 0.3) is 0 Å². The second kappa shape index (κ2) is 9.86. The molecule has 1 aliphatic heterocycles. The second-order valence-electron chi connectivity index (χ2n) is 7.14. The van der Waals surface area contributed by atoms with Gasteiger partial charge in [0.15, 0.2) is 0 Å². The number of hydrogen-bond acceptors (Lipinski definition) is 6. The highest BCUT2D eigenvalue weighted by molar-refractivity contribution is 8.00. The summed E-state index contributed by atoms with van der Waals surface area (Å²) in [5.41, 5.74) is 7.01. The van der Waals surface area contributed by atoms with Crippen molar-refractivity contribution in [2.45, 2.75) is 23.6 Å². The van der Waals surface area contributed by atoms with E-state index in [2.05, 4.69) is 0 Å². The second-order valence-corrected chi connectivity index (χ2v) is 8.26. The topological polar surface area (TPSA) is 85.1 Å². The van der Waals surface area contributed by atoms with Crippen LogP contribution in [0, 0.1) is 0 Å².